The van der Waals surface area contributed by atoms with Crippen LogP contribution in [-0.2, 0) is 16.0 Å². The van der Waals surface area contributed by atoms with Crippen LogP contribution in [0.1, 0.15) is 17.5 Å². The Bertz CT molecular complexity index is 415. The highest BCUT2D eigenvalue weighted by Gasteiger charge is 2.15. The first kappa shape index (κ1) is 14.2. The Balaban J connectivity index is 2.27. The third-order valence-corrected chi connectivity index (χ3v) is 2.58. The Labute approximate surface area is 106 Å². The minimum Gasteiger partial charge on any atom is -0.480 e. The molecule has 0 aromatic heterocycles. The summed E-state index contributed by atoms with van der Waals surface area (Å²) in [5.74, 6) is -1.50. The number of carbonyl (C=O) groups excluding carboxylic acids is 1. The second-order valence-electron chi connectivity index (χ2n) is 4.23. The average molecular weight is 250 g/mol. The Hall–Kier alpha value is -1.88. The molecule has 0 aliphatic heterocycles. The van der Waals surface area contributed by atoms with Crippen molar-refractivity contribution in [1.29, 1.82) is 0 Å². The lowest BCUT2D eigenvalue weighted by Gasteiger charge is -2.08. The van der Waals surface area contributed by atoms with Crippen LogP contribution < -0.4 is 11.1 Å². The van der Waals surface area contributed by atoms with Gasteiger partial charge in [-0.3, -0.25) is 9.59 Å². The fourth-order valence-electron chi connectivity index (χ4n) is 1.46. The fraction of sp³-hybridized carbons (Fsp3) is 0.385. The monoisotopic (exact) mass is 250 g/mol. The van der Waals surface area contributed by atoms with Crippen LogP contribution in [0.3, 0.4) is 0 Å². The predicted octanol–water partition coefficient (Wildman–Crippen LogP) is 0.456. The van der Waals surface area contributed by atoms with Gasteiger partial charge in [-0.1, -0.05) is 29.8 Å². The van der Waals surface area contributed by atoms with Gasteiger partial charge in [0, 0.05) is 6.54 Å². The molecule has 0 saturated carbocycles. The zero-order chi connectivity index (χ0) is 13.5. The maximum absolute atomic E-state index is 11.3. The van der Waals surface area contributed by atoms with E-state index in [1.165, 1.54) is 5.56 Å². The van der Waals surface area contributed by atoms with Crippen molar-refractivity contribution >= 4 is 11.9 Å². The minimum absolute atomic E-state index is 0.191. The van der Waals surface area contributed by atoms with Crippen LogP contribution >= 0.6 is 0 Å². The first-order chi connectivity index (χ1) is 8.49. The third kappa shape index (κ3) is 4.97. The van der Waals surface area contributed by atoms with Gasteiger partial charge in [-0.2, -0.15) is 0 Å². The Kier molecular flexibility index (Phi) is 5.32. The minimum atomic E-state index is -1.16. The highest BCUT2D eigenvalue weighted by atomic mass is 16.4. The Morgan fingerprint density at radius 2 is 1.94 bits per heavy atom. The van der Waals surface area contributed by atoms with E-state index in [4.69, 9.17) is 10.8 Å². The van der Waals surface area contributed by atoms with Crippen LogP contribution in [0, 0.1) is 6.92 Å². The number of nitrogens with one attached hydrogen (secondary N) is 1. The quantitative estimate of drug-likeness (QED) is 0.683. The summed E-state index contributed by atoms with van der Waals surface area (Å²) in [5, 5.41) is 11.2. The molecule has 5 heteroatoms. The van der Waals surface area contributed by atoms with E-state index in [9.17, 15) is 9.59 Å². The van der Waals surface area contributed by atoms with Gasteiger partial charge in [0.2, 0.25) is 5.91 Å². The van der Waals surface area contributed by atoms with Crippen LogP contribution in [-0.4, -0.2) is 29.6 Å². The second-order valence-corrected chi connectivity index (χ2v) is 4.23. The van der Waals surface area contributed by atoms with Crippen molar-refractivity contribution in [3.63, 3.8) is 0 Å². The summed E-state index contributed by atoms with van der Waals surface area (Å²) >= 11 is 0. The van der Waals surface area contributed by atoms with E-state index >= 15 is 0 Å². The molecule has 0 radical (unpaired) electrons. The van der Waals surface area contributed by atoms with Crippen molar-refractivity contribution in [2.75, 3.05) is 6.54 Å². The molecule has 1 amide bonds. The number of aryl methyl sites for hydroxylation is 1. The predicted molar refractivity (Wildman–Crippen MR) is 68.1 cm³/mol. The van der Waals surface area contributed by atoms with Gasteiger partial charge in [0.05, 0.1) is 6.42 Å². The van der Waals surface area contributed by atoms with E-state index in [0.717, 1.165) is 5.56 Å². The highest BCUT2D eigenvalue weighted by molar-refractivity contribution is 5.84. The van der Waals surface area contributed by atoms with Crippen LogP contribution in [0.2, 0.25) is 0 Å². The summed E-state index contributed by atoms with van der Waals surface area (Å²) in [6.07, 6.45) is 0.525. The molecule has 18 heavy (non-hydrogen) atoms. The number of hydrogen-bond donors (Lipinski definition) is 3. The van der Waals surface area contributed by atoms with Gasteiger partial charge in [0.1, 0.15) is 6.04 Å². The molecular weight excluding hydrogens is 232 g/mol. The molecule has 0 spiro atoms. The molecule has 1 atom stereocenters. The molecule has 98 valence electrons. The highest BCUT2D eigenvalue weighted by Crippen LogP contribution is 2.03. The maximum atomic E-state index is 11.3. The molecule has 0 bridgehead atoms. The van der Waals surface area contributed by atoms with Gasteiger partial charge in [0.15, 0.2) is 0 Å². The number of carbonyl (C=O) groups is 2. The van der Waals surface area contributed by atoms with E-state index in [0.29, 0.717) is 13.0 Å². The number of rotatable bonds is 6. The number of aliphatic carboxylic acids is 1. The normalized spacial score (nSPS) is 11.9. The van der Waals surface area contributed by atoms with Gasteiger partial charge in [-0.15, -0.1) is 0 Å². The molecule has 1 aromatic rings. The van der Waals surface area contributed by atoms with Gasteiger partial charge in [0.25, 0.3) is 0 Å². The molecule has 1 unspecified atom stereocenters. The molecule has 0 fully saturated rings. The molecular formula is C13H18N2O3. The first-order valence-electron chi connectivity index (χ1n) is 5.79. The molecule has 1 aromatic carbocycles. The Morgan fingerprint density at radius 1 is 1.33 bits per heavy atom. The van der Waals surface area contributed by atoms with Gasteiger partial charge < -0.3 is 16.2 Å². The molecule has 0 aliphatic rings. The zero-order valence-electron chi connectivity index (χ0n) is 10.3. The first-order valence-corrected chi connectivity index (χ1v) is 5.79. The van der Waals surface area contributed by atoms with Crippen molar-refractivity contribution in [3.05, 3.63) is 35.4 Å². The fourth-order valence-corrected chi connectivity index (χ4v) is 1.46. The molecule has 5 nitrogen and oxygen atoms in total. The largest absolute Gasteiger partial charge is 0.480 e. The SMILES string of the molecule is Cc1ccc(CCNC(=O)CC(N)C(=O)O)cc1. The van der Waals surface area contributed by atoms with Gasteiger partial charge in [-0.25, -0.2) is 0 Å². The number of amides is 1. The average Bonchev–Trinajstić information content (AvgIpc) is 2.31. The maximum Gasteiger partial charge on any atom is 0.321 e. The lowest BCUT2D eigenvalue weighted by atomic mass is 10.1. The van der Waals surface area contributed by atoms with Crippen LogP contribution in [0.4, 0.5) is 0 Å². The lowest BCUT2D eigenvalue weighted by molar-refractivity contribution is -0.140. The van der Waals surface area contributed by atoms with E-state index < -0.39 is 12.0 Å². The van der Waals surface area contributed by atoms with Gasteiger partial charge in [-0.05, 0) is 18.9 Å². The standard InChI is InChI=1S/C13H18N2O3/c1-9-2-4-10(5-3-9)6-7-15-12(16)8-11(14)13(17)18/h2-5,11H,6-8,14H2,1H3,(H,15,16)(H,17,18). The molecule has 1 rings (SSSR count). The molecule has 0 saturated heterocycles. The van der Waals surface area contributed by atoms with Crippen molar-refractivity contribution in [2.45, 2.75) is 25.8 Å². The van der Waals surface area contributed by atoms with Crippen LogP contribution in [0.25, 0.3) is 0 Å². The molecule has 4 N–H and O–H groups in total. The third-order valence-electron chi connectivity index (χ3n) is 2.58. The second kappa shape index (κ2) is 6.76. The van der Waals surface area contributed by atoms with Gasteiger partial charge >= 0.3 is 5.97 Å². The number of hydrogen-bond acceptors (Lipinski definition) is 3. The van der Waals surface area contributed by atoms with E-state index in [1.54, 1.807) is 0 Å². The smallest absolute Gasteiger partial charge is 0.321 e. The van der Waals surface area contributed by atoms with Crippen molar-refractivity contribution in [2.24, 2.45) is 5.73 Å². The zero-order valence-corrected chi connectivity index (χ0v) is 10.3. The van der Waals surface area contributed by atoms with Crippen molar-refractivity contribution in [3.8, 4) is 0 Å². The molecule has 0 heterocycles. The number of nitrogens with two attached hydrogens (primary N) is 1. The number of carboxylic acids is 1. The summed E-state index contributed by atoms with van der Waals surface area (Å²) in [5.41, 5.74) is 7.57. The molecule has 0 aliphatic carbocycles. The Morgan fingerprint density at radius 3 is 2.50 bits per heavy atom. The van der Waals surface area contributed by atoms with Crippen molar-refractivity contribution in [1.82, 2.24) is 5.32 Å². The summed E-state index contributed by atoms with van der Waals surface area (Å²) < 4.78 is 0. The summed E-state index contributed by atoms with van der Waals surface area (Å²) in [7, 11) is 0. The topological polar surface area (TPSA) is 92.4 Å². The summed E-state index contributed by atoms with van der Waals surface area (Å²) in [4.78, 5) is 21.8. The number of carboxylic acid groups (broad SMARTS) is 1. The summed E-state index contributed by atoms with van der Waals surface area (Å²) in [6, 6.07) is 6.90. The van der Waals surface area contributed by atoms with E-state index in [1.807, 2.05) is 31.2 Å². The van der Waals surface area contributed by atoms with Crippen LogP contribution in [0.15, 0.2) is 24.3 Å². The van der Waals surface area contributed by atoms with E-state index in [-0.39, 0.29) is 12.3 Å². The van der Waals surface area contributed by atoms with E-state index in [2.05, 4.69) is 5.32 Å². The summed E-state index contributed by atoms with van der Waals surface area (Å²) in [6.45, 7) is 2.49. The van der Waals surface area contributed by atoms with Crippen LogP contribution in [0.5, 0.6) is 0 Å². The number of benzene rings is 1. The van der Waals surface area contributed by atoms with Crippen molar-refractivity contribution < 1.29 is 14.7 Å². The lowest BCUT2D eigenvalue weighted by Crippen LogP contribution is -2.37.